The smallest absolute Gasteiger partial charge is 0.306 e. The molecule has 92 valence electrons. The number of hydrogen-bond donors (Lipinski definition) is 1. The van der Waals surface area contributed by atoms with E-state index in [0.717, 1.165) is 12.8 Å². The van der Waals surface area contributed by atoms with Crippen LogP contribution in [0.3, 0.4) is 0 Å². The third-order valence-electron chi connectivity index (χ3n) is 3.39. The molecule has 1 aliphatic carbocycles. The highest BCUT2D eigenvalue weighted by atomic mass is 16.5. The first-order valence-electron chi connectivity index (χ1n) is 5.83. The van der Waals surface area contributed by atoms with Crippen LogP contribution in [0.4, 0.5) is 0 Å². The Labute approximate surface area is 98.8 Å². The Morgan fingerprint density at radius 1 is 1.35 bits per heavy atom. The molecular weight excluding hydrogens is 222 g/mol. The first-order chi connectivity index (χ1) is 8.16. The van der Waals surface area contributed by atoms with E-state index in [0.29, 0.717) is 25.0 Å². The van der Waals surface area contributed by atoms with Crippen LogP contribution in [0, 0.1) is 11.8 Å². The van der Waals surface area contributed by atoms with Crippen LogP contribution in [0.2, 0.25) is 0 Å². The Bertz CT molecular complexity index is 391. The van der Waals surface area contributed by atoms with E-state index in [4.69, 9.17) is 5.11 Å². The number of nitrogens with zero attached hydrogens (tertiary/aromatic N) is 1. The van der Waals surface area contributed by atoms with Crippen molar-refractivity contribution < 1.29 is 19.2 Å². The van der Waals surface area contributed by atoms with Crippen molar-refractivity contribution in [3.8, 4) is 0 Å². The molecule has 0 atom stereocenters. The van der Waals surface area contributed by atoms with E-state index in [2.05, 4.69) is 9.68 Å². The zero-order valence-electron chi connectivity index (χ0n) is 9.46. The van der Waals surface area contributed by atoms with Crippen molar-refractivity contribution >= 4 is 11.8 Å². The molecule has 1 aromatic heterocycles. The topological polar surface area (TPSA) is 80.4 Å². The summed E-state index contributed by atoms with van der Waals surface area (Å²) in [5.41, 5.74) is 0.366. The van der Waals surface area contributed by atoms with Gasteiger partial charge in [0, 0.05) is 12.5 Å². The number of aromatic nitrogens is 1. The third-order valence-corrected chi connectivity index (χ3v) is 3.39. The van der Waals surface area contributed by atoms with Crippen LogP contribution in [-0.4, -0.2) is 22.0 Å². The monoisotopic (exact) mass is 237 g/mol. The predicted octanol–water partition coefficient (Wildman–Crippen LogP) is 2.14. The van der Waals surface area contributed by atoms with Crippen molar-refractivity contribution in [1.82, 2.24) is 5.16 Å². The fourth-order valence-corrected chi connectivity index (χ4v) is 2.34. The van der Waals surface area contributed by atoms with Crippen molar-refractivity contribution in [1.29, 1.82) is 0 Å². The first kappa shape index (κ1) is 11.8. The summed E-state index contributed by atoms with van der Waals surface area (Å²) < 4.78 is 4.62. The van der Waals surface area contributed by atoms with Gasteiger partial charge in [-0.1, -0.05) is 5.16 Å². The van der Waals surface area contributed by atoms with Gasteiger partial charge in [0.1, 0.15) is 12.0 Å². The van der Waals surface area contributed by atoms with Gasteiger partial charge >= 0.3 is 5.97 Å². The molecule has 0 amide bonds. The van der Waals surface area contributed by atoms with E-state index in [9.17, 15) is 9.59 Å². The van der Waals surface area contributed by atoms with Crippen LogP contribution in [0.25, 0.3) is 0 Å². The zero-order valence-corrected chi connectivity index (χ0v) is 9.46. The second-order valence-electron chi connectivity index (χ2n) is 4.57. The molecule has 0 unspecified atom stereocenters. The van der Waals surface area contributed by atoms with Gasteiger partial charge in [0.2, 0.25) is 0 Å². The van der Waals surface area contributed by atoms with Crippen molar-refractivity contribution in [3.63, 3.8) is 0 Å². The second kappa shape index (κ2) is 5.12. The number of carboxylic acids is 1. The third kappa shape index (κ3) is 2.93. The van der Waals surface area contributed by atoms with Crippen molar-refractivity contribution in [2.45, 2.75) is 32.1 Å². The Balaban J connectivity index is 1.82. The van der Waals surface area contributed by atoms with Gasteiger partial charge in [-0.15, -0.1) is 0 Å². The maximum Gasteiger partial charge on any atom is 0.306 e. The minimum Gasteiger partial charge on any atom is -0.481 e. The van der Waals surface area contributed by atoms with E-state index in [-0.39, 0.29) is 17.6 Å². The molecule has 0 spiro atoms. The largest absolute Gasteiger partial charge is 0.481 e. The van der Waals surface area contributed by atoms with Gasteiger partial charge in [-0.2, -0.15) is 0 Å². The van der Waals surface area contributed by atoms with Crippen LogP contribution in [-0.2, 0) is 4.79 Å². The number of ketones is 1. The predicted molar refractivity (Wildman–Crippen MR) is 58.5 cm³/mol. The van der Waals surface area contributed by atoms with Crippen LogP contribution >= 0.6 is 0 Å². The van der Waals surface area contributed by atoms with Crippen LogP contribution < -0.4 is 0 Å². The van der Waals surface area contributed by atoms with Crippen LogP contribution in [0.1, 0.15) is 42.6 Å². The number of carbonyl (C=O) groups excluding carboxylic acids is 1. The average Bonchev–Trinajstić information content (AvgIpc) is 2.83. The number of rotatable bonds is 4. The lowest BCUT2D eigenvalue weighted by Gasteiger charge is -2.25. The minimum absolute atomic E-state index is 0.0162. The van der Waals surface area contributed by atoms with Gasteiger partial charge in [0.15, 0.2) is 5.78 Å². The molecule has 5 heteroatoms. The Morgan fingerprint density at radius 2 is 2.06 bits per heavy atom. The lowest BCUT2D eigenvalue weighted by molar-refractivity contribution is -0.143. The summed E-state index contributed by atoms with van der Waals surface area (Å²) in [5, 5.41) is 12.5. The zero-order chi connectivity index (χ0) is 12.3. The fourth-order valence-electron chi connectivity index (χ4n) is 2.34. The number of carboxylic acid groups (broad SMARTS) is 1. The Kier molecular flexibility index (Phi) is 3.56. The summed E-state index contributed by atoms with van der Waals surface area (Å²) >= 11 is 0. The number of hydrogen-bond acceptors (Lipinski definition) is 4. The molecule has 1 fully saturated rings. The van der Waals surface area contributed by atoms with Gasteiger partial charge < -0.3 is 9.63 Å². The van der Waals surface area contributed by atoms with Gasteiger partial charge in [-0.3, -0.25) is 9.59 Å². The number of aliphatic carboxylic acids is 1. The SMILES string of the molecule is O=C(CC1CCC(C(=O)O)CC1)c1ccon1. The summed E-state index contributed by atoms with van der Waals surface area (Å²) in [4.78, 5) is 22.5. The summed E-state index contributed by atoms with van der Waals surface area (Å²) in [6.45, 7) is 0. The molecule has 5 nitrogen and oxygen atoms in total. The summed E-state index contributed by atoms with van der Waals surface area (Å²) in [7, 11) is 0. The quantitative estimate of drug-likeness (QED) is 0.811. The highest BCUT2D eigenvalue weighted by Gasteiger charge is 2.27. The molecule has 0 bridgehead atoms. The van der Waals surface area contributed by atoms with Crippen molar-refractivity contribution in [2.75, 3.05) is 0 Å². The summed E-state index contributed by atoms with van der Waals surface area (Å²) in [5.74, 6) is -0.674. The van der Waals surface area contributed by atoms with E-state index in [1.165, 1.54) is 6.26 Å². The number of carbonyl (C=O) groups is 2. The van der Waals surface area contributed by atoms with Gasteiger partial charge in [-0.05, 0) is 31.6 Å². The molecular formula is C12H15NO4. The van der Waals surface area contributed by atoms with E-state index in [1.54, 1.807) is 6.07 Å². The molecule has 0 saturated heterocycles. The molecule has 0 radical (unpaired) electrons. The van der Waals surface area contributed by atoms with E-state index >= 15 is 0 Å². The van der Waals surface area contributed by atoms with E-state index in [1.807, 2.05) is 0 Å². The Hall–Kier alpha value is -1.65. The maximum atomic E-state index is 11.8. The van der Waals surface area contributed by atoms with E-state index < -0.39 is 5.97 Å². The molecule has 0 aliphatic heterocycles. The van der Waals surface area contributed by atoms with Gasteiger partial charge in [0.25, 0.3) is 0 Å². The first-order valence-corrected chi connectivity index (χ1v) is 5.83. The average molecular weight is 237 g/mol. The minimum atomic E-state index is -0.716. The molecule has 2 rings (SSSR count). The maximum absolute atomic E-state index is 11.8. The van der Waals surface area contributed by atoms with Crippen molar-refractivity contribution in [3.05, 3.63) is 18.0 Å². The second-order valence-corrected chi connectivity index (χ2v) is 4.57. The number of Topliss-reactive ketones (excluding diaryl/α,β-unsaturated/α-hetero) is 1. The highest BCUT2D eigenvalue weighted by Crippen LogP contribution is 2.31. The van der Waals surface area contributed by atoms with Gasteiger partial charge in [0.05, 0.1) is 5.92 Å². The van der Waals surface area contributed by atoms with Crippen LogP contribution in [0.15, 0.2) is 16.9 Å². The normalized spacial score (nSPS) is 24.5. The molecule has 1 N–H and O–H groups in total. The molecule has 1 aliphatic rings. The standard InChI is InChI=1S/C12H15NO4/c14-11(10-5-6-17-13-10)7-8-1-3-9(4-2-8)12(15)16/h5-6,8-9H,1-4,7H2,(H,15,16). The Morgan fingerprint density at radius 3 is 2.59 bits per heavy atom. The lowest BCUT2D eigenvalue weighted by Crippen LogP contribution is -2.22. The van der Waals surface area contributed by atoms with Crippen LogP contribution in [0.5, 0.6) is 0 Å². The molecule has 1 heterocycles. The molecule has 1 saturated carbocycles. The molecule has 1 aromatic rings. The molecule has 17 heavy (non-hydrogen) atoms. The fraction of sp³-hybridized carbons (Fsp3) is 0.583. The summed E-state index contributed by atoms with van der Waals surface area (Å²) in [6, 6.07) is 1.56. The van der Waals surface area contributed by atoms with Crippen molar-refractivity contribution in [2.24, 2.45) is 11.8 Å². The summed E-state index contributed by atoms with van der Waals surface area (Å²) in [6.07, 6.45) is 4.78. The molecule has 0 aromatic carbocycles. The highest BCUT2D eigenvalue weighted by molar-refractivity contribution is 5.94. The lowest BCUT2D eigenvalue weighted by atomic mass is 9.79. The van der Waals surface area contributed by atoms with Gasteiger partial charge in [-0.25, -0.2) is 0 Å².